The summed E-state index contributed by atoms with van der Waals surface area (Å²) in [6.45, 7) is 10.9. The summed E-state index contributed by atoms with van der Waals surface area (Å²) in [5.74, 6) is -0.0180. The first-order valence-corrected chi connectivity index (χ1v) is 11.8. The van der Waals surface area contributed by atoms with Crippen LogP contribution in [0.4, 0.5) is 16.3 Å². The number of unbranched alkanes of at least 4 members (excludes halogenated alkanes) is 1. The number of nitrogen functional groups attached to an aromatic ring is 1. The first-order valence-electron chi connectivity index (χ1n) is 11.8. The van der Waals surface area contributed by atoms with Gasteiger partial charge in [-0.25, -0.2) is 9.59 Å². The number of aromatic nitrogens is 2. The number of carbonyl (C=O) groups is 2. The number of aromatic amines is 1. The van der Waals surface area contributed by atoms with Gasteiger partial charge >= 0.3 is 11.8 Å². The maximum absolute atomic E-state index is 13.1. The maximum Gasteiger partial charge on any atom is 0.409 e. The van der Waals surface area contributed by atoms with E-state index in [9.17, 15) is 19.2 Å². The Morgan fingerprint density at radius 1 is 1.15 bits per heavy atom. The Bertz CT molecular complexity index is 925. The average molecular weight is 467 g/mol. The average Bonchev–Trinajstić information content (AvgIpc) is 3.00. The smallest absolute Gasteiger partial charge is 0.409 e. The van der Waals surface area contributed by atoms with Crippen LogP contribution in [0.3, 0.4) is 0 Å². The second-order valence-corrected chi connectivity index (χ2v) is 8.72. The Labute approximate surface area is 194 Å². The van der Waals surface area contributed by atoms with Crippen molar-refractivity contribution in [3.63, 3.8) is 0 Å². The predicted octanol–water partition coefficient (Wildman–Crippen LogP) is 1.07. The van der Waals surface area contributed by atoms with Crippen LogP contribution < -0.4 is 21.9 Å². The lowest BCUT2D eigenvalue weighted by atomic mass is 10.2. The molecule has 2 amide bonds. The van der Waals surface area contributed by atoms with Crippen molar-refractivity contribution in [1.29, 1.82) is 0 Å². The lowest BCUT2D eigenvalue weighted by Gasteiger charge is -2.27. The van der Waals surface area contributed by atoms with Crippen molar-refractivity contribution in [2.45, 2.75) is 53.5 Å². The number of nitrogens with two attached hydrogens (primary N) is 1. The molecule has 1 aromatic heterocycles. The number of ether oxygens (including phenoxy) is 1. The van der Waals surface area contributed by atoms with Gasteiger partial charge in [0.15, 0.2) is 5.69 Å². The lowest BCUT2D eigenvalue weighted by molar-refractivity contribution is -0.119. The molecule has 11 heteroatoms. The number of nitrogens with zero attached hydrogens (tertiary/aromatic N) is 4. The van der Waals surface area contributed by atoms with Crippen LogP contribution in [0.5, 0.6) is 0 Å². The molecule has 11 nitrogen and oxygen atoms in total. The zero-order valence-corrected chi connectivity index (χ0v) is 20.3. The number of H-pyrrole nitrogens is 1. The summed E-state index contributed by atoms with van der Waals surface area (Å²) in [4.78, 5) is 57.4. The highest BCUT2D eigenvalue weighted by molar-refractivity contribution is 5.96. The molecule has 1 fully saturated rings. The number of hydrogen-bond donors (Lipinski definition) is 2. The van der Waals surface area contributed by atoms with Gasteiger partial charge in [-0.15, -0.1) is 0 Å². The minimum absolute atomic E-state index is 0.00217. The Hall–Kier alpha value is -2.82. The SMILES string of the molecule is CCCCn1c(N)c(N(CC)C(=O)CN2CCCN(C(=O)OCC(C)C)CC2)c(=O)[nH]c1=O. The topological polar surface area (TPSA) is 134 Å². The molecule has 0 unspecified atom stereocenters. The number of amides is 2. The van der Waals surface area contributed by atoms with Gasteiger partial charge in [0.05, 0.1) is 13.2 Å². The van der Waals surface area contributed by atoms with E-state index in [1.54, 1.807) is 11.8 Å². The van der Waals surface area contributed by atoms with Crippen molar-refractivity contribution in [3.05, 3.63) is 20.8 Å². The zero-order valence-electron chi connectivity index (χ0n) is 20.3. The van der Waals surface area contributed by atoms with Gasteiger partial charge in [-0.05, 0) is 25.7 Å². The minimum atomic E-state index is -0.671. The molecule has 0 atom stereocenters. The highest BCUT2D eigenvalue weighted by atomic mass is 16.6. The van der Waals surface area contributed by atoms with E-state index in [0.717, 1.165) is 12.8 Å². The first kappa shape index (κ1) is 26.4. The number of nitrogens with one attached hydrogen (secondary N) is 1. The van der Waals surface area contributed by atoms with Gasteiger partial charge in [0.2, 0.25) is 5.91 Å². The van der Waals surface area contributed by atoms with Crippen molar-refractivity contribution < 1.29 is 14.3 Å². The molecule has 0 bridgehead atoms. The first-order chi connectivity index (χ1) is 15.7. The third-order valence-corrected chi connectivity index (χ3v) is 5.58. The van der Waals surface area contributed by atoms with Gasteiger partial charge in [0.1, 0.15) is 5.82 Å². The number of anilines is 2. The molecule has 1 aromatic rings. The van der Waals surface area contributed by atoms with E-state index in [-0.39, 0.29) is 42.5 Å². The molecule has 0 aromatic carbocycles. The molecular formula is C22H38N6O5. The van der Waals surface area contributed by atoms with Crippen LogP contribution in [0.25, 0.3) is 0 Å². The number of rotatable bonds is 9. The van der Waals surface area contributed by atoms with Gasteiger partial charge in [-0.1, -0.05) is 27.2 Å². The molecule has 3 N–H and O–H groups in total. The molecule has 1 aliphatic heterocycles. The maximum atomic E-state index is 13.1. The van der Waals surface area contributed by atoms with Crippen LogP contribution in [0.1, 0.15) is 47.0 Å². The second kappa shape index (κ2) is 12.4. The molecule has 2 rings (SSSR count). The van der Waals surface area contributed by atoms with Crippen molar-refractivity contribution in [2.75, 3.05) is 56.5 Å². The van der Waals surface area contributed by atoms with Gasteiger partial charge in [-0.3, -0.25) is 24.0 Å². The van der Waals surface area contributed by atoms with E-state index in [1.165, 1.54) is 9.47 Å². The number of carbonyl (C=O) groups excluding carboxylic acids is 2. The zero-order chi connectivity index (χ0) is 24.5. The molecular weight excluding hydrogens is 428 g/mol. The molecule has 0 aliphatic carbocycles. The van der Waals surface area contributed by atoms with E-state index in [0.29, 0.717) is 45.8 Å². The Morgan fingerprint density at radius 3 is 2.52 bits per heavy atom. The van der Waals surface area contributed by atoms with Crippen LogP contribution in [0.15, 0.2) is 9.59 Å². The summed E-state index contributed by atoms with van der Waals surface area (Å²) in [7, 11) is 0. The van der Waals surface area contributed by atoms with E-state index >= 15 is 0 Å². The standard InChI is InChI=1S/C22H38N6O5/c1-5-7-11-28-19(23)18(20(30)24-21(28)31)27(6-2)17(29)14-25-9-8-10-26(13-12-25)22(32)33-15-16(3)4/h16H,5-15,23H2,1-4H3,(H,24,30,31). The molecule has 1 saturated heterocycles. The Morgan fingerprint density at radius 2 is 1.88 bits per heavy atom. The third-order valence-electron chi connectivity index (χ3n) is 5.58. The number of hydrogen-bond acceptors (Lipinski definition) is 7. The van der Waals surface area contributed by atoms with E-state index in [1.807, 2.05) is 25.7 Å². The van der Waals surface area contributed by atoms with Crippen LogP contribution in [-0.2, 0) is 16.1 Å². The van der Waals surface area contributed by atoms with Crippen LogP contribution in [-0.4, -0.2) is 77.2 Å². The molecule has 186 valence electrons. The van der Waals surface area contributed by atoms with Crippen LogP contribution in [0.2, 0.25) is 0 Å². The fraction of sp³-hybridized carbons (Fsp3) is 0.727. The van der Waals surface area contributed by atoms with Gasteiger partial charge in [-0.2, -0.15) is 0 Å². The molecule has 1 aliphatic rings. The van der Waals surface area contributed by atoms with Crippen LogP contribution in [0, 0.1) is 5.92 Å². The fourth-order valence-corrected chi connectivity index (χ4v) is 3.75. The molecule has 33 heavy (non-hydrogen) atoms. The van der Waals surface area contributed by atoms with Crippen molar-refractivity contribution in [1.82, 2.24) is 19.4 Å². The fourth-order valence-electron chi connectivity index (χ4n) is 3.75. The highest BCUT2D eigenvalue weighted by Crippen LogP contribution is 2.18. The minimum Gasteiger partial charge on any atom is -0.449 e. The molecule has 0 spiro atoms. The van der Waals surface area contributed by atoms with E-state index in [4.69, 9.17) is 10.5 Å². The summed E-state index contributed by atoms with van der Waals surface area (Å²) in [5.41, 5.74) is 4.94. The monoisotopic (exact) mass is 466 g/mol. The summed E-state index contributed by atoms with van der Waals surface area (Å²) in [6.07, 6.45) is 1.95. The Balaban J connectivity index is 2.10. The van der Waals surface area contributed by atoms with Crippen molar-refractivity contribution >= 4 is 23.5 Å². The Kier molecular flexibility index (Phi) is 9.95. The van der Waals surface area contributed by atoms with Gasteiger partial charge in [0, 0.05) is 39.3 Å². The highest BCUT2D eigenvalue weighted by Gasteiger charge is 2.26. The number of likely N-dealkylation sites (N-methyl/N-ethyl adjacent to an activating group) is 1. The van der Waals surface area contributed by atoms with E-state index in [2.05, 4.69) is 4.98 Å². The quantitative estimate of drug-likeness (QED) is 0.556. The predicted molar refractivity (Wildman–Crippen MR) is 127 cm³/mol. The lowest BCUT2D eigenvalue weighted by Crippen LogP contribution is -2.46. The van der Waals surface area contributed by atoms with Crippen LogP contribution >= 0.6 is 0 Å². The molecule has 0 saturated carbocycles. The normalized spacial score (nSPS) is 14.9. The third kappa shape index (κ3) is 7.08. The van der Waals surface area contributed by atoms with Gasteiger partial charge < -0.3 is 20.3 Å². The molecule has 0 radical (unpaired) electrons. The van der Waals surface area contributed by atoms with E-state index < -0.39 is 11.2 Å². The van der Waals surface area contributed by atoms with Crippen molar-refractivity contribution in [3.8, 4) is 0 Å². The molecule has 2 heterocycles. The summed E-state index contributed by atoms with van der Waals surface area (Å²) in [6, 6.07) is 0. The van der Waals surface area contributed by atoms with Gasteiger partial charge in [0.25, 0.3) is 5.56 Å². The largest absolute Gasteiger partial charge is 0.449 e. The van der Waals surface area contributed by atoms with Crippen molar-refractivity contribution in [2.24, 2.45) is 5.92 Å². The second-order valence-electron chi connectivity index (χ2n) is 8.72. The summed E-state index contributed by atoms with van der Waals surface area (Å²) < 4.78 is 6.63. The summed E-state index contributed by atoms with van der Waals surface area (Å²) in [5, 5.41) is 0. The summed E-state index contributed by atoms with van der Waals surface area (Å²) >= 11 is 0.